The first-order chi connectivity index (χ1) is 8.42. The maximum absolute atomic E-state index is 13.9. The minimum absolute atomic E-state index is 0.178. The van der Waals surface area contributed by atoms with Gasteiger partial charge in [-0.1, -0.05) is 0 Å². The van der Waals surface area contributed by atoms with Gasteiger partial charge in [-0.2, -0.15) is 0 Å². The molecule has 1 aromatic carbocycles. The van der Waals surface area contributed by atoms with Crippen LogP contribution in [0.2, 0.25) is 0 Å². The number of fused-ring (bicyclic) bond motifs is 1. The predicted molar refractivity (Wildman–Crippen MR) is 65.9 cm³/mol. The van der Waals surface area contributed by atoms with Crippen LogP contribution in [0.15, 0.2) is 6.07 Å². The van der Waals surface area contributed by atoms with Crippen molar-refractivity contribution in [2.75, 3.05) is 20.3 Å². The van der Waals surface area contributed by atoms with E-state index in [1.165, 1.54) is 13.2 Å². The largest absolute Gasteiger partial charge is 0.493 e. The van der Waals surface area contributed by atoms with Crippen LogP contribution in [0.4, 0.5) is 4.39 Å². The zero-order valence-corrected chi connectivity index (χ0v) is 10.9. The first kappa shape index (κ1) is 13.0. The van der Waals surface area contributed by atoms with Gasteiger partial charge in [-0.25, -0.2) is 4.39 Å². The molecule has 100 valence electrons. The van der Waals surface area contributed by atoms with Crippen molar-refractivity contribution in [2.45, 2.75) is 25.8 Å². The van der Waals surface area contributed by atoms with Gasteiger partial charge < -0.3 is 19.9 Å². The van der Waals surface area contributed by atoms with Crippen molar-refractivity contribution >= 4 is 0 Å². The lowest BCUT2D eigenvalue weighted by atomic mass is 9.94. The smallest absolute Gasteiger partial charge is 0.169 e. The van der Waals surface area contributed by atoms with Gasteiger partial charge in [0.25, 0.3) is 0 Å². The van der Waals surface area contributed by atoms with Gasteiger partial charge in [-0.3, -0.25) is 0 Å². The second kappa shape index (κ2) is 4.65. The Morgan fingerprint density at radius 3 is 2.67 bits per heavy atom. The van der Waals surface area contributed by atoms with Gasteiger partial charge in [-0.05, 0) is 20.3 Å². The highest BCUT2D eigenvalue weighted by Crippen LogP contribution is 2.42. The highest BCUT2D eigenvalue weighted by atomic mass is 19.1. The fourth-order valence-corrected chi connectivity index (χ4v) is 2.04. The van der Waals surface area contributed by atoms with Crippen LogP contribution in [0.1, 0.15) is 19.4 Å². The molecule has 0 aliphatic carbocycles. The van der Waals surface area contributed by atoms with Gasteiger partial charge in [0, 0.05) is 17.2 Å². The van der Waals surface area contributed by atoms with E-state index in [0.717, 1.165) is 0 Å². The number of hydrogen-bond acceptors (Lipinski definition) is 4. The molecule has 1 heterocycles. The summed E-state index contributed by atoms with van der Waals surface area (Å²) in [6, 6.07) is 1.29. The third kappa shape index (κ3) is 2.51. The third-order valence-corrected chi connectivity index (χ3v) is 2.67. The van der Waals surface area contributed by atoms with E-state index in [2.05, 4.69) is 0 Å². The summed E-state index contributed by atoms with van der Waals surface area (Å²) < 4.78 is 30.0. The highest BCUT2D eigenvalue weighted by Gasteiger charge is 2.27. The van der Waals surface area contributed by atoms with Crippen molar-refractivity contribution in [3.63, 3.8) is 0 Å². The maximum atomic E-state index is 13.9. The van der Waals surface area contributed by atoms with E-state index in [0.29, 0.717) is 36.7 Å². The molecule has 0 saturated carbocycles. The number of benzene rings is 1. The van der Waals surface area contributed by atoms with Crippen molar-refractivity contribution in [1.29, 1.82) is 0 Å². The van der Waals surface area contributed by atoms with Crippen LogP contribution in [0, 0.1) is 5.82 Å². The maximum Gasteiger partial charge on any atom is 0.169 e. The van der Waals surface area contributed by atoms with Crippen molar-refractivity contribution in [1.82, 2.24) is 0 Å². The Labute approximate surface area is 106 Å². The average Bonchev–Trinajstić information content (AvgIpc) is 2.27. The molecule has 2 rings (SSSR count). The highest BCUT2D eigenvalue weighted by molar-refractivity contribution is 5.56. The average molecular weight is 255 g/mol. The summed E-state index contributed by atoms with van der Waals surface area (Å²) in [7, 11) is 1.43. The minimum atomic E-state index is -0.490. The summed E-state index contributed by atoms with van der Waals surface area (Å²) in [5.41, 5.74) is 6.13. The van der Waals surface area contributed by atoms with Gasteiger partial charge >= 0.3 is 0 Å². The Hall–Kier alpha value is -1.49. The molecule has 0 atom stereocenters. The Morgan fingerprint density at radius 2 is 2.06 bits per heavy atom. The first-order valence-corrected chi connectivity index (χ1v) is 5.86. The van der Waals surface area contributed by atoms with Crippen LogP contribution < -0.4 is 19.9 Å². The number of nitrogens with two attached hydrogens (primary N) is 1. The molecule has 0 unspecified atom stereocenters. The standard InChI is InChI=1S/C13H18FNO3/c1-13(2,15)7-8-11(16-3)9(14)6-10-12(8)18-5-4-17-10/h6H,4-5,7,15H2,1-3H3. The van der Waals surface area contributed by atoms with Crippen molar-refractivity contribution < 1.29 is 18.6 Å². The molecule has 5 heteroatoms. The van der Waals surface area contributed by atoms with Crippen LogP contribution in [-0.2, 0) is 6.42 Å². The molecule has 0 bridgehead atoms. The lowest BCUT2D eigenvalue weighted by Gasteiger charge is -2.26. The third-order valence-electron chi connectivity index (χ3n) is 2.67. The van der Waals surface area contributed by atoms with E-state index in [9.17, 15) is 4.39 Å². The lowest BCUT2D eigenvalue weighted by molar-refractivity contribution is 0.167. The van der Waals surface area contributed by atoms with Gasteiger partial charge in [0.05, 0.1) is 7.11 Å². The molecule has 4 nitrogen and oxygen atoms in total. The van der Waals surface area contributed by atoms with E-state index >= 15 is 0 Å². The zero-order valence-electron chi connectivity index (χ0n) is 10.9. The van der Waals surface area contributed by atoms with Crippen molar-refractivity contribution in [3.05, 3.63) is 17.4 Å². The molecule has 0 aromatic heterocycles. The summed E-state index contributed by atoms with van der Waals surface area (Å²) in [5, 5.41) is 0. The molecular weight excluding hydrogens is 237 g/mol. The fourth-order valence-electron chi connectivity index (χ4n) is 2.04. The van der Waals surface area contributed by atoms with Crippen LogP contribution >= 0.6 is 0 Å². The van der Waals surface area contributed by atoms with E-state index in [1.807, 2.05) is 13.8 Å². The Morgan fingerprint density at radius 1 is 1.39 bits per heavy atom. The molecule has 0 spiro atoms. The normalized spacial score (nSPS) is 14.5. The molecule has 1 aliphatic heterocycles. The van der Waals surface area contributed by atoms with Gasteiger partial charge in [0.2, 0.25) is 0 Å². The summed E-state index contributed by atoms with van der Waals surface area (Å²) in [5.74, 6) is 0.676. The second-order valence-corrected chi connectivity index (χ2v) is 5.06. The summed E-state index contributed by atoms with van der Waals surface area (Å²) >= 11 is 0. The van der Waals surface area contributed by atoms with Crippen molar-refractivity contribution in [2.24, 2.45) is 5.73 Å². The Kier molecular flexibility index (Phi) is 3.34. The number of halogens is 1. The zero-order chi connectivity index (χ0) is 13.3. The fraction of sp³-hybridized carbons (Fsp3) is 0.538. The predicted octanol–water partition coefficient (Wildman–Crippen LogP) is 1.89. The lowest BCUT2D eigenvalue weighted by Crippen LogP contribution is -2.35. The number of rotatable bonds is 3. The van der Waals surface area contributed by atoms with Gasteiger partial charge in [-0.15, -0.1) is 0 Å². The molecule has 18 heavy (non-hydrogen) atoms. The summed E-state index contributed by atoms with van der Waals surface area (Å²) in [6.07, 6.45) is 0.444. The molecule has 1 aliphatic rings. The van der Waals surface area contributed by atoms with E-state index in [1.54, 1.807) is 0 Å². The van der Waals surface area contributed by atoms with Crippen LogP contribution in [-0.4, -0.2) is 25.9 Å². The van der Waals surface area contributed by atoms with Crippen molar-refractivity contribution in [3.8, 4) is 17.2 Å². The minimum Gasteiger partial charge on any atom is -0.493 e. The topological polar surface area (TPSA) is 53.7 Å². The molecule has 1 aromatic rings. The molecular formula is C13H18FNO3. The van der Waals surface area contributed by atoms with Crippen LogP contribution in [0.3, 0.4) is 0 Å². The first-order valence-electron chi connectivity index (χ1n) is 5.86. The van der Waals surface area contributed by atoms with E-state index in [4.69, 9.17) is 19.9 Å². The van der Waals surface area contributed by atoms with E-state index in [-0.39, 0.29) is 5.75 Å². The van der Waals surface area contributed by atoms with Gasteiger partial charge in [0.1, 0.15) is 13.2 Å². The molecule has 0 fully saturated rings. The number of hydrogen-bond donors (Lipinski definition) is 1. The molecule has 0 saturated heterocycles. The molecule has 2 N–H and O–H groups in total. The van der Waals surface area contributed by atoms with Gasteiger partial charge in [0.15, 0.2) is 23.1 Å². The quantitative estimate of drug-likeness (QED) is 0.896. The van der Waals surface area contributed by atoms with Crippen LogP contribution in [0.25, 0.3) is 0 Å². The number of ether oxygens (including phenoxy) is 3. The number of methoxy groups -OCH3 is 1. The summed E-state index contributed by atoms with van der Waals surface area (Å²) in [4.78, 5) is 0. The van der Waals surface area contributed by atoms with E-state index < -0.39 is 11.4 Å². The molecule has 0 radical (unpaired) electrons. The SMILES string of the molecule is COc1c(F)cc2c(c1CC(C)(C)N)OCCO2. The Bertz CT molecular complexity index is 455. The summed E-state index contributed by atoms with van der Waals surface area (Å²) in [6.45, 7) is 4.60. The molecule has 0 amide bonds. The Balaban J connectivity index is 2.54. The monoisotopic (exact) mass is 255 g/mol. The second-order valence-electron chi connectivity index (χ2n) is 5.06. The van der Waals surface area contributed by atoms with Crippen LogP contribution in [0.5, 0.6) is 17.2 Å².